The molecule has 0 bridgehead atoms. The molecular weight excluding hydrogens is 204 g/mol. The summed E-state index contributed by atoms with van der Waals surface area (Å²) in [6.45, 7) is 1.72. The highest BCUT2D eigenvalue weighted by Crippen LogP contribution is 2.10. The van der Waals surface area contributed by atoms with Gasteiger partial charge in [-0.25, -0.2) is 0 Å². The van der Waals surface area contributed by atoms with Gasteiger partial charge in [-0.3, -0.25) is 9.69 Å². The zero-order valence-electron chi connectivity index (χ0n) is 9.26. The molecule has 1 saturated heterocycles. The normalized spacial score (nSPS) is 22.1. The van der Waals surface area contributed by atoms with Gasteiger partial charge in [0, 0.05) is 18.7 Å². The third-order valence-corrected chi connectivity index (χ3v) is 2.86. The van der Waals surface area contributed by atoms with Crippen LogP contribution in [-0.4, -0.2) is 53.7 Å². The van der Waals surface area contributed by atoms with Gasteiger partial charge in [0.1, 0.15) is 6.23 Å². The van der Waals surface area contributed by atoms with Gasteiger partial charge in [0.2, 0.25) is 0 Å². The maximum atomic E-state index is 12.0. The van der Waals surface area contributed by atoms with E-state index in [2.05, 4.69) is 6.07 Å². The zero-order valence-corrected chi connectivity index (χ0v) is 9.26. The number of amides is 1. The summed E-state index contributed by atoms with van der Waals surface area (Å²) in [6.07, 6.45) is -0.564. The van der Waals surface area contributed by atoms with Gasteiger partial charge in [0.25, 0.3) is 5.91 Å². The maximum absolute atomic E-state index is 12.0. The van der Waals surface area contributed by atoms with Crippen molar-refractivity contribution in [2.75, 3.05) is 26.7 Å². The lowest BCUT2D eigenvalue weighted by Crippen LogP contribution is -2.53. The molecule has 1 aromatic rings. The molecule has 4 heteroatoms. The molecule has 85 valence electrons. The molecule has 0 spiro atoms. The predicted octanol–water partition coefficient (Wildman–Crippen LogP) is 0.193. The molecule has 1 radical (unpaired) electrons. The lowest BCUT2D eigenvalue weighted by molar-refractivity contribution is -0.0338. The Hall–Kier alpha value is -1.39. The monoisotopic (exact) mass is 219 g/mol. The van der Waals surface area contributed by atoms with Crippen molar-refractivity contribution in [2.45, 2.75) is 6.23 Å². The second-order valence-corrected chi connectivity index (χ2v) is 4.00. The van der Waals surface area contributed by atoms with E-state index >= 15 is 0 Å². The van der Waals surface area contributed by atoms with Crippen molar-refractivity contribution < 1.29 is 9.90 Å². The van der Waals surface area contributed by atoms with Crippen LogP contribution in [0.1, 0.15) is 10.4 Å². The van der Waals surface area contributed by atoms with Crippen LogP contribution < -0.4 is 0 Å². The summed E-state index contributed by atoms with van der Waals surface area (Å²) < 4.78 is 0. The number of rotatable bonds is 1. The third kappa shape index (κ3) is 2.23. The van der Waals surface area contributed by atoms with Gasteiger partial charge in [-0.2, -0.15) is 0 Å². The lowest BCUT2D eigenvalue weighted by Gasteiger charge is -2.36. The highest BCUT2D eigenvalue weighted by molar-refractivity contribution is 5.94. The zero-order chi connectivity index (χ0) is 11.5. The van der Waals surface area contributed by atoms with Crippen molar-refractivity contribution in [3.8, 4) is 0 Å². The largest absolute Gasteiger partial charge is 0.377 e. The van der Waals surface area contributed by atoms with Crippen LogP contribution in [0.2, 0.25) is 0 Å². The summed E-state index contributed by atoms with van der Waals surface area (Å²) in [7, 11) is 1.85. The second-order valence-electron chi connectivity index (χ2n) is 4.00. The summed E-state index contributed by atoms with van der Waals surface area (Å²) in [5.74, 6) is -0.0380. The minimum atomic E-state index is -0.564. The van der Waals surface area contributed by atoms with E-state index in [1.54, 1.807) is 29.2 Å². The molecule has 0 aromatic heterocycles. The molecule has 0 aliphatic carbocycles. The van der Waals surface area contributed by atoms with Gasteiger partial charge >= 0.3 is 0 Å². The molecule has 4 nitrogen and oxygen atoms in total. The molecule has 1 aliphatic rings. The summed E-state index contributed by atoms with van der Waals surface area (Å²) in [6, 6.07) is 9.87. The number of carbonyl (C=O) groups is 1. The van der Waals surface area contributed by atoms with E-state index in [-0.39, 0.29) is 5.91 Å². The Bertz CT molecular complexity index is 367. The molecule has 1 unspecified atom stereocenters. The topological polar surface area (TPSA) is 43.8 Å². The standard InChI is InChI=1S/C12H15N2O2/c1-13-7-8-14(9-11(13)15)12(16)10-5-3-2-4-6-10/h2-3,5-6,11,15H,7-9H2,1H3. The quantitative estimate of drug-likeness (QED) is 0.733. The Morgan fingerprint density at radius 2 is 2.38 bits per heavy atom. The van der Waals surface area contributed by atoms with Crippen molar-refractivity contribution in [3.63, 3.8) is 0 Å². The minimum Gasteiger partial charge on any atom is -0.377 e. The van der Waals surface area contributed by atoms with Crippen molar-refractivity contribution in [1.29, 1.82) is 0 Å². The summed E-state index contributed by atoms with van der Waals surface area (Å²) >= 11 is 0. The number of benzene rings is 1. The maximum Gasteiger partial charge on any atom is 0.254 e. The second kappa shape index (κ2) is 4.63. The Morgan fingerprint density at radius 1 is 1.56 bits per heavy atom. The van der Waals surface area contributed by atoms with Crippen LogP contribution >= 0.6 is 0 Å². The van der Waals surface area contributed by atoms with Crippen LogP contribution in [0.3, 0.4) is 0 Å². The van der Waals surface area contributed by atoms with Crippen LogP contribution in [0.4, 0.5) is 0 Å². The average Bonchev–Trinajstić information content (AvgIpc) is 2.33. The van der Waals surface area contributed by atoms with E-state index in [0.717, 1.165) is 0 Å². The van der Waals surface area contributed by atoms with Crippen molar-refractivity contribution in [1.82, 2.24) is 9.80 Å². The van der Waals surface area contributed by atoms with Gasteiger partial charge in [-0.05, 0) is 25.2 Å². The van der Waals surface area contributed by atoms with Crippen LogP contribution in [-0.2, 0) is 0 Å². The van der Waals surface area contributed by atoms with Crippen molar-refractivity contribution in [3.05, 3.63) is 35.9 Å². The fraction of sp³-hybridized carbons (Fsp3) is 0.417. The Balaban J connectivity index is 2.06. The number of likely N-dealkylation sites (N-methyl/N-ethyl adjacent to an activating group) is 1. The van der Waals surface area contributed by atoms with Crippen LogP contribution in [0.5, 0.6) is 0 Å². The molecule has 1 amide bonds. The van der Waals surface area contributed by atoms with Gasteiger partial charge in [0.05, 0.1) is 6.54 Å². The van der Waals surface area contributed by atoms with Gasteiger partial charge in [-0.15, -0.1) is 0 Å². The number of carbonyl (C=O) groups excluding carboxylic acids is 1. The molecule has 1 N–H and O–H groups in total. The molecule has 1 aliphatic heterocycles. The first-order chi connectivity index (χ1) is 7.68. The summed E-state index contributed by atoms with van der Waals surface area (Å²) in [5, 5.41) is 9.67. The molecule has 1 fully saturated rings. The van der Waals surface area contributed by atoms with E-state index in [4.69, 9.17) is 0 Å². The number of aliphatic hydroxyl groups excluding tert-OH is 1. The first-order valence-electron chi connectivity index (χ1n) is 5.32. The van der Waals surface area contributed by atoms with E-state index in [0.29, 0.717) is 25.2 Å². The number of aliphatic hydroxyl groups is 1. The number of hydrogen-bond acceptors (Lipinski definition) is 3. The first-order valence-corrected chi connectivity index (χ1v) is 5.32. The van der Waals surface area contributed by atoms with Crippen LogP contribution in [0.25, 0.3) is 0 Å². The number of nitrogens with zero attached hydrogens (tertiary/aromatic N) is 2. The van der Waals surface area contributed by atoms with E-state index in [9.17, 15) is 9.90 Å². The molecule has 1 aromatic carbocycles. The van der Waals surface area contributed by atoms with E-state index in [1.807, 2.05) is 11.9 Å². The number of β-amino-alcohol motifs (C(OH)–C–C–N with tert-alkyl or cyclic N) is 1. The van der Waals surface area contributed by atoms with Gasteiger partial charge in [0.15, 0.2) is 0 Å². The van der Waals surface area contributed by atoms with Crippen LogP contribution in [0, 0.1) is 6.07 Å². The van der Waals surface area contributed by atoms with Crippen molar-refractivity contribution >= 4 is 5.91 Å². The van der Waals surface area contributed by atoms with Crippen LogP contribution in [0.15, 0.2) is 24.3 Å². The Morgan fingerprint density at radius 3 is 3.00 bits per heavy atom. The predicted molar refractivity (Wildman–Crippen MR) is 59.8 cm³/mol. The highest BCUT2D eigenvalue weighted by atomic mass is 16.3. The first kappa shape index (κ1) is 11.1. The van der Waals surface area contributed by atoms with Gasteiger partial charge < -0.3 is 10.0 Å². The summed E-state index contributed by atoms with van der Waals surface area (Å²) in [4.78, 5) is 15.5. The number of hydrogen-bond donors (Lipinski definition) is 1. The molecular formula is C12H15N2O2. The van der Waals surface area contributed by atoms with E-state index in [1.165, 1.54) is 0 Å². The molecule has 1 heterocycles. The minimum absolute atomic E-state index is 0.0380. The fourth-order valence-corrected chi connectivity index (χ4v) is 1.75. The van der Waals surface area contributed by atoms with Gasteiger partial charge in [-0.1, -0.05) is 12.1 Å². The lowest BCUT2D eigenvalue weighted by atomic mass is 10.2. The molecule has 16 heavy (non-hydrogen) atoms. The fourth-order valence-electron chi connectivity index (χ4n) is 1.75. The van der Waals surface area contributed by atoms with E-state index < -0.39 is 6.23 Å². The Labute approximate surface area is 95.1 Å². The highest BCUT2D eigenvalue weighted by Gasteiger charge is 2.25. The molecule has 1 atom stereocenters. The SMILES string of the molecule is CN1CCN(C(=O)c2c[c]ccc2)CC1O. The molecule has 2 rings (SSSR count). The Kier molecular flexibility index (Phi) is 3.22. The van der Waals surface area contributed by atoms with Crippen molar-refractivity contribution in [2.24, 2.45) is 0 Å². The number of piperazine rings is 1. The smallest absolute Gasteiger partial charge is 0.254 e. The molecule has 0 saturated carbocycles. The summed E-state index contributed by atoms with van der Waals surface area (Å²) in [5.41, 5.74) is 0.624. The third-order valence-electron chi connectivity index (χ3n) is 2.86. The average molecular weight is 219 g/mol.